The lowest BCUT2D eigenvalue weighted by Gasteiger charge is -1.94. The van der Waals surface area contributed by atoms with Crippen molar-refractivity contribution in [2.75, 3.05) is 0 Å². The molecular weight excluding hydrogens is 220 g/mol. The van der Waals surface area contributed by atoms with Gasteiger partial charge in [0.1, 0.15) is 0 Å². The van der Waals surface area contributed by atoms with Gasteiger partial charge in [-0.1, -0.05) is 30.3 Å². The van der Waals surface area contributed by atoms with Crippen LogP contribution in [0.3, 0.4) is 0 Å². The number of hydrogen-bond acceptors (Lipinski definition) is 2. The van der Waals surface area contributed by atoms with E-state index in [1.807, 2.05) is 41.8 Å². The van der Waals surface area contributed by atoms with Gasteiger partial charge in [0.25, 0.3) is 0 Å². The third kappa shape index (κ3) is 2.58. The van der Waals surface area contributed by atoms with Gasteiger partial charge in [-0.05, 0) is 28.6 Å². The van der Waals surface area contributed by atoms with Gasteiger partial charge in [-0.25, -0.2) is 4.79 Å². The van der Waals surface area contributed by atoms with Crippen molar-refractivity contribution in [3.05, 3.63) is 52.7 Å². The molecule has 2 rings (SSSR count). The van der Waals surface area contributed by atoms with Crippen LogP contribution in [-0.4, -0.2) is 11.1 Å². The van der Waals surface area contributed by atoms with Crippen molar-refractivity contribution >= 4 is 23.4 Å². The molecule has 3 heteroatoms. The Morgan fingerprint density at radius 1 is 1.19 bits per heavy atom. The van der Waals surface area contributed by atoms with Crippen molar-refractivity contribution < 1.29 is 9.90 Å². The van der Waals surface area contributed by atoms with E-state index in [1.165, 1.54) is 11.3 Å². The molecule has 0 bridgehead atoms. The number of carbonyl (C=O) groups is 1. The van der Waals surface area contributed by atoms with Gasteiger partial charge in [-0.15, -0.1) is 11.3 Å². The van der Waals surface area contributed by atoms with Crippen LogP contribution in [0, 0.1) is 0 Å². The summed E-state index contributed by atoms with van der Waals surface area (Å²) in [4.78, 5) is 11.3. The Bertz CT molecular complexity index is 512. The Kier molecular flexibility index (Phi) is 3.17. The van der Waals surface area contributed by atoms with Gasteiger partial charge in [-0.2, -0.15) is 0 Å². The van der Waals surface area contributed by atoms with Gasteiger partial charge < -0.3 is 5.11 Å². The highest BCUT2D eigenvalue weighted by molar-refractivity contribution is 7.11. The molecule has 0 unspecified atom stereocenters. The lowest BCUT2D eigenvalue weighted by Crippen LogP contribution is -1.84. The predicted octanol–water partition coefficient (Wildman–Crippen LogP) is 3.51. The van der Waals surface area contributed by atoms with Crippen LogP contribution in [0.5, 0.6) is 0 Å². The zero-order chi connectivity index (χ0) is 11.4. The molecule has 0 fully saturated rings. The molecule has 1 aromatic heterocycles. The van der Waals surface area contributed by atoms with Crippen LogP contribution in [0.2, 0.25) is 0 Å². The highest BCUT2D eigenvalue weighted by Gasteiger charge is 1.99. The highest BCUT2D eigenvalue weighted by Crippen LogP contribution is 2.25. The Morgan fingerprint density at radius 3 is 2.62 bits per heavy atom. The summed E-state index contributed by atoms with van der Waals surface area (Å²) in [6, 6.07) is 12.0. The van der Waals surface area contributed by atoms with Crippen LogP contribution in [0.25, 0.3) is 17.2 Å². The molecule has 0 atom stereocenters. The third-order valence-electron chi connectivity index (χ3n) is 2.12. The maximum absolute atomic E-state index is 10.4. The normalized spacial score (nSPS) is 10.8. The topological polar surface area (TPSA) is 37.3 Å². The first-order valence-electron chi connectivity index (χ1n) is 4.80. The zero-order valence-electron chi connectivity index (χ0n) is 8.46. The number of thiophene rings is 1. The van der Waals surface area contributed by atoms with E-state index in [1.54, 1.807) is 6.08 Å². The fraction of sp³-hybridized carbons (Fsp3) is 0. The average molecular weight is 230 g/mol. The first kappa shape index (κ1) is 10.6. The Balaban J connectivity index is 2.23. The van der Waals surface area contributed by atoms with Crippen molar-refractivity contribution in [2.45, 2.75) is 0 Å². The molecule has 0 spiro atoms. The van der Waals surface area contributed by atoms with Crippen LogP contribution in [0.1, 0.15) is 4.88 Å². The lowest BCUT2D eigenvalue weighted by atomic mass is 10.1. The summed E-state index contributed by atoms with van der Waals surface area (Å²) in [5.41, 5.74) is 2.27. The number of benzene rings is 1. The standard InChI is InChI=1S/C13H10O2S/c14-13(15)7-6-12-8-11(9-16-12)10-4-2-1-3-5-10/h1-9H,(H,14,15)/b7-6+. The van der Waals surface area contributed by atoms with Crippen molar-refractivity contribution in [3.63, 3.8) is 0 Å². The predicted molar refractivity (Wildman–Crippen MR) is 66.4 cm³/mol. The van der Waals surface area contributed by atoms with E-state index in [0.717, 1.165) is 22.1 Å². The second-order valence-electron chi connectivity index (χ2n) is 3.28. The highest BCUT2D eigenvalue weighted by atomic mass is 32.1. The van der Waals surface area contributed by atoms with E-state index in [0.29, 0.717) is 0 Å². The van der Waals surface area contributed by atoms with Crippen molar-refractivity contribution in [2.24, 2.45) is 0 Å². The third-order valence-corrected chi connectivity index (χ3v) is 3.01. The molecule has 1 heterocycles. The van der Waals surface area contributed by atoms with E-state index >= 15 is 0 Å². The molecule has 0 aliphatic carbocycles. The molecule has 80 valence electrons. The number of carboxylic acid groups (broad SMARTS) is 1. The maximum atomic E-state index is 10.4. The molecule has 0 aliphatic rings. The van der Waals surface area contributed by atoms with Crippen LogP contribution in [-0.2, 0) is 4.79 Å². The van der Waals surface area contributed by atoms with E-state index < -0.39 is 5.97 Å². The fourth-order valence-corrected chi connectivity index (χ4v) is 2.18. The summed E-state index contributed by atoms with van der Waals surface area (Å²) in [6.45, 7) is 0. The minimum Gasteiger partial charge on any atom is -0.478 e. The Morgan fingerprint density at radius 2 is 1.94 bits per heavy atom. The van der Waals surface area contributed by atoms with Gasteiger partial charge in [0.15, 0.2) is 0 Å². The molecule has 0 radical (unpaired) electrons. The first-order chi connectivity index (χ1) is 7.75. The van der Waals surface area contributed by atoms with Crippen LogP contribution >= 0.6 is 11.3 Å². The first-order valence-corrected chi connectivity index (χ1v) is 5.68. The van der Waals surface area contributed by atoms with Crippen LogP contribution in [0.15, 0.2) is 47.9 Å². The van der Waals surface area contributed by atoms with Gasteiger partial charge in [0.2, 0.25) is 0 Å². The number of rotatable bonds is 3. The van der Waals surface area contributed by atoms with E-state index in [9.17, 15) is 4.79 Å². The summed E-state index contributed by atoms with van der Waals surface area (Å²) in [5.74, 6) is -0.922. The smallest absolute Gasteiger partial charge is 0.328 e. The second-order valence-corrected chi connectivity index (χ2v) is 4.22. The average Bonchev–Trinajstić information content (AvgIpc) is 2.76. The minimum atomic E-state index is -0.922. The molecule has 2 aromatic rings. The summed E-state index contributed by atoms with van der Waals surface area (Å²) in [6.07, 6.45) is 2.76. The molecule has 1 aromatic carbocycles. The summed E-state index contributed by atoms with van der Waals surface area (Å²) in [5, 5.41) is 10.5. The molecule has 0 aliphatic heterocycles. The summed E-state index contributed by atoms with van der Waals surface area (Å²) < 4.78 is 0. The number of carboxylic acids is 1. The molecule has 16 heavy (non-hydrogen) atoms. The van der Waals surface area contributed by atoms with Gasteiger partial charge >= 0.3 is 5.97 Å². The number of aliphatic carboxylic acids is 1. The zero-order valence-corrected chi connectivity index (χ0v) is 9.28. The van der Waals surface area contributed by atoms with Gasteiger partial charge in [0.05, 0.1) is 0 Å². The second kappa shape index (κ2) is 4.77. The van der Waals surface area contributed by atoms with E-state index in [-0.39, 0.29) is 0 Å². The molecule has 0 amide bonds. The Labute approximate surface area is 97.5 Å². The SMILES string of the molecule is O=C(O)/C=C/c1cc(-c2ccccc2)cs1. The molecule has 1 N–H and O–H groups in total. The van der Waals surface area contributed by atoms with Gasteiger partial charge in [0, 0.05) is 11.0 Å². The quantitative estimate of drug-likeness (QED) is 0.819. The minimum absolute atomic E-state index is 0.922. The fourth-order valence-electron chi connectivity index (χ4n) is 1.38. The number of hydrogen-bond donors (Lipinski definition) is 1. The molecule has 2 nitrogen and oxygen atoms in total. The van der Waals surface area contributed by atoms with Crippen molar-refractivity contribution in [3.8, 4) is 11.1 Å². The van der Waals surface area contributed by atoms with Gasteiger partial charge in [-0.3, -0.25) is 0 Å². The van der Waals surface area contributed by atoms with E-state index in [4.69, 9.17) is 5.11 Å². The molecular formula is C13H10O2S. The largest absolute Gasteiger partial charge is 0.478 e. The summed E-state index contributed by atoms with van der Waals surface area (Å²) in [7, 11) is 0. The Hall–Kier alpha value is -1.87. The maximum Gasteiger partial charge on any atom is 0.328 e. The summed E-state index contributed by atoms with van der Waals surface area (Å²) >= 11 is 1.54. The van der Waals surface area contributed by atoms with Crippen molar-refractivity contribution in [1.29, 1.82) is 0 Å². The van der Waals surface area contributed by atoms with E-state index in [2.05, 4.69) is 0 Å². The lowest BCUT2D eigenvalue weighted by molar-refractivity contribution is -0.131. The van der Waals surface area contributed by atoms with Crippen molar-refractivity contribution in [1.82, 2.24) is 0 Å². The van der Waals surface area contributed by atoms with Crippen LogP contribution < -0.4 is 0 Å². The monoisotopic (exact) mass is 230 g/mol. The molecule has 0 saturated heterocycles. The molecule has 0 saturated carbocycles. The van der Waals surface area contributed by atoms with Crippen LogP contribution in [0.4, 0.5) is 0 Å².